The minimum Gasteiger partial charge on any atom is -0.497 e. The Morgan fingerprint density at radius 2 is 1.80 bits per heavy atom. The molecule has 0 unspecified atom stereocenters. The molecule has 5 heteroatoms. The fraction of sp³-hybridized carbons (Fsp3) is 0.250. The molecular weight excluding hydrogens is 314 g/mol. The highest BCUT2D eigenvalue weighted by Crippen LogP contribution is 2.22. The predicted molar refractivity (Wildman–Crippen MR) is 103 cm³/mol. The molecule has 0 atom stereocenters. The molecule has 0 aliphatic rings. The number of nitrogens with zero attached hydrogens (tertiary/aromatic N) is 1. The summed E-state index contributed by atoms with van der Waals surface area (Å²) in [5.41, 5.74) is 3.33. The van der Waals surface area contributed by atoms with Gasteiger partial charge in [-0.2, -0.15) is 0 Å². The van der Waals surface area contributed by atoms with Gasteiger partial charge in [0, 0.05) is 41.4 Å². The minimum atomic E-state index is -0.161. The number of H-pyrrole nitrogens is 1. The molecule has 25 heavy (non-hydrogen) atoms. The predicted octanol–water partition coefficient (Wildman–Crippen LogP) is 4.28. The van der Waals surface area contributed by atoms with Crippen LogP contribution in [0.1, 0.15) is 24.3 Å². The van der Waals surface area contributed by atoms with Crippen molar-refractivity contribution in [3.05, 3.63) is 54.2 Å². The molecule has 1 aromatic heterocycles. The zero-order valence-electron chi connectivity index (χ0n) is 14.8. The summed E-state index contributed by atoms with van der Waals surface area (Å²) >= 11 is 0. The van der Waals surface area contributed by atoms with Crippen molar-refractivity contribution in [1.29, 1.82) is 0 Å². The summed E-state index contributed by atoms with van der Waals surface area (Å²) in [6, 6.07) is 15.4. The molecule has 5 nitrogen and oxygen atoms in total. The maximum absolute atomic E-state index is 12.5. The summed E-state index contributed by atoms with van der Waals surface area (Å²) in [5.74, 6) is 0.596. The van der Waals surface area contributed by atoms with Gasteiger partial charge in [0.25, 0.3) is 5.91 Å². The maximum Gasteiger partial charge on any atom is 0.272 e. The first-order chi connectivity index (χ1) is 12.1. The number of carbonyl (C=O) groups excluding carboxylic acids is 1. The van der Waals surface area contributed by atoms with Crippen LogP contribution in [0.3, 0.4) is 0 Å². The first-order valence-electron chi connectivity index (χ1n) is 8.47. The fourth-order valence-electron chi connectivity index (χ4n) is 2.90. The van der Waals surface area contributed by atoms with Gasteiger partial charge in [-0.05, 0) is 56.3 Å². The summed E-state index contributed by atoms with van der Waals surface area (Å²) < 4.78 is 5.21. The second-order valence-electron chi connectivity index (χ2n) is 5.81. The first kappa shape index (κ1) is 16.9. The number of nitrogens with one attached hydrogen (secondary N) is 2. The third-order valence-corrected chi connectivity index (χ3v) is 4.33. The van der Waals surface area contributed by atoms with Gasteiger partial charge >= 0.3 is 0 Å². The standard InChI is InChI=1S/C20H23N3O2/c1-4-23(5-2)16-9-7-15(8-10-16)21-20(24)19-12-14-6-11-17(25-3)13-18(14)22-19/h6-13,22H,4-5H2,1-3H3,(H,21,24). The highest BCUT2D eigenvalue weighted by molar-refractivity contribution is 6.06. The van der Waals surface area contributed by atoms with E-state index >= 15 is 0 Å². The number of anilines is 2. The zero-order valence-corrected chi connectivity index (χ0v) is 14.8. The highest BCUT2D eigenvalue weighted by atomic mass is 16.5. The van der Waals surface area contributed by atoms with Gasteiger partial charge in [-0.15, -0.1) is 0 Å². The Hall–Kier alpha value is -2.95. The molecule has 0 fully saturated rings. The molecule has 0 bridgehead atoms. The molecule has 0 radical (unpaired) electrons. The van der Waals surface area contributed by atoms with E-state index < -0.39 is 0 Å². The van der Waals surface area contributed by atoms with Gasteiger partial charge in [0.1, 0.15) is 11.4 Å². The summed E-state index contributed by atoms with van der Waals surface area (Å²) in [6.45, 7) is 6.18. The van der Waals surface area contributed by atoms with Crippen molar-refractivity contribution in [3.8, 4) is 5.75 Å². The van der Waals surface area contributed by atoms with Gasteiger partial charge in [-0.3, -0.25) is 4.79 Å². The van der Waals surface area contributed by atoms with E-state index in [4.69, 9.17) is 4.74 Å². The third kappa shape index (κ3) is 3.60. The van der Waals surface area contributed by atoms with Crippen molar-refractivity contribution in [2.45, 2.75) is 13.8 Å². The molecule has 0 aliphatic heterocycles. The van der Waals surface area contributed by atoms with Gasteiger partial charge in [0.05, 0.1) is 7.11 Å². The minimum absolute atomic E-state index is 0.161. The lowest BCUT2D eigenvalue weighted by Gasteiger charge is -2.21. The Labute approximate surface area is 147 Å². The quantitative estimate of drug-likeness (QED) is 0.706. The van der Waals surface area contributed by atoms with Gasteiger partial charge in [-0.1, -0.05) is 0 Å². The average Bonchev–Trinajstić information content (AvgIpc) is 3.07. The first-order valence-corrected chi connectivity index (χ1v) is 8.47. The number of aromatic amines is 1. The number of rotatable bonds is 6. The van der Waals surface area contributed by atoms with Crippen LogP contribution in [-0.4, -0.2) is 31.1 Å². The van der Waals surface area contributed by atoms with E-state index in [1.165, 1.54) is 0 Å². The number of fused-ring (bicyclic) bond motifs is 1. The van der Waals surface area contributed by atoms with E-state index in [2.05, 4.69) is 29.0 Å². The Morgan fingerprint density at radius 3 is 2.44 bits per heavy atom. The Bertz CT molecular complexity index is 864. The number of benzene rings is 2. The van der Waals surface area contributed by atoms with Gasteiger partial charge in [0.15, 0.2) is 0 Å². The largest absolute Gasteiger partial charge is 0.497 e. The lowest BCUT2D eigenvalue weighted by atomic mass is 10.2. The van der Waals surface area contributed by atoms with Crippen molar-refractivity contribution in [2.24, 2.45) is 0 Å². The second kappa shape index (κ2) is 7.30. The number of amides is 1. The number of hydrogen-bond acceptors (Lipinski definition) is 3. The molecule has 1 heterocycles. The average molecular weight is 337 g/mol. The molecule has 3 rings (SSSR count). The molecule has 3 aromatic rings. The van der Waals surface area contributed by atoms with E-state index in [1.807, 2.05) is 48.5 Å². The van der Waals surface area contributed by atoms with E-state index in [1.54, 1.807) is 7.11 Å². The summed E-state index contributed by atoms with van der Waals surface area (Å²) in [4.78, 5) is 17.9. The van der Waals surface area contributed by atoms with Crippen molar-refractivity contribution < 1.29 is 9.53 Å². The molecule has 0 spiro atoms. The molecule has 0 saturated heterocycles. The summed E-state index contributed by atoms with van der Waals surface area (Å²) in [5, 5.41) is 3.90. The smallest absolute Gasteiger partial charge is 0.272 e. The number of ether oxygens (including phenoxy) is 1. The number of aromatic nitrogens is 1. The SMILES string of the molecule is CCN(CC)c1ccc(NC(=O)c2cc3ccc(OC)cc3[nH]2)cc1. The van der Waals surface area contributed by atoms with E-state index in [-0.39, 0.29) is 5.91 Å². The summed E-state index contributed by atoms with van der Waals surface area (Å²) in [7, 11) is 1.62. The lowest BCUT2D eigenvalue weighted by molar-refractivity contribution is 0.102. The van der Waals surface area contributed by atoms with Crippen LogP contribution in [0.2, 0.25) is 0 Å². The monoisotopic (exact) mass is 337 g/mol. The van der Waals surface area contributed by atoms with Crippen molar-refractivity contribution in [1.82, 2.24) is 4.98 Å². The van der Waals surface area contributed by atoms with Gasteiger partial charge < -0.3 is 19.9 Å². The molecule has 130 valence electrons. The molecule has 0 saturated carbocycles. The fourth-order valence-corrected chi connectivity index (χ4v) is 2.90. The Balaban J connectivity index is 1.75. The number of carbonyl (C=O) groups is 1. The lowest BCUT2D eigenvalue weighted by Crippen LogP contribution is -2.21. The highest BCUT2D eigenvalue weighted by Gasteiger charge is 2.11. The molecule has 2 N–H and O–H groups in total. The van der Waals surface area contributed by atoms with E-state index in [9.17, 15) is 4.79 Å². The summed E-state index contributed by atoms with van der Waals surface area (Å²) in [6.07, 6.45) is 0. The van der Waals surface area contributed by atoms with Crippen LogP contribution >= 0.6 is 0 Å². The zero-order chi connectivity index (χ0) is 17.8. The van der Waals surface area contributed by atoms with Crippen LogP contribution < -0.4 is 15.0 Å². The molecule has 1 amide bonds. The van der Waals surface area contributed by atoms with Crippen LogP contribution in [0.5, 0.6) is 5.75 Å². The Morgan fingerprint density at radius 1 is 1.08 bits per heavy atom. The van der Waals surface area contributed by atoms with Gasteiger partial charge in [-0.25, -0.2) is 0 Å². The number of methoxy groups -OCH3 is 1. The topological polar surface area (TPSA) is 57.4 Å². The van der Waals surface area contributed by atoms with Crippen molar-refractivity contribution in [3.63, 3.8) is 0 Å². The van der Waals surface area contributed by atoms with Crippen LogP contribution in [0, 0.1) is 0 Å². The van der Waals surface area contributed by atoms with Crippen molar-refractivity contribution in [2.75, 3.05) is 30.4 Å². The van der Waals surface area contributed by atoms with Crippen LogP contribution in [-0.2, 0) is 0 Å². The third-order valence-electron chi connectivity index (χ3n) is 4.33. The maximum atomic E-state index is 12.5. The second-order valence-corrected chi connectivity index (χ2v) is 5.81. The molecular formula is C20H23N3O2. The van der Waals surface area contributed by atoms with Gasteiger partial charge in [0.2, 0.25) is 0 Å². The molecule has 0 aliphatic carbocycles. The van der Waals surface area contributed by atoms with Crippen LogP contribution in [0.25, 0.3) is 10.9 Å². The van der Waals surface area contributed by atoms with E-state index in [0.29, 0.717) is 5.69 Å². The number of hydrogen-bond donors (Lipinski definition) is 2. The Kier molecular flexibility index (Phi) is 4.93. The normalized spacial score (nSPS) is 10.7. The molecule has 2 aromatic carbocycles. The van der Waals surface area contributed by atoms with Crippen LogP contribution in [0.15, 0.2) is 48.5 Å². The van der Waals surface area contributed by atoms with Crippen LogP contribution in [0.4, 0.5) is 11.4 Å². The van der Waals surface area contributed by atoms with Crippen molar-refractivity contribution >= 4 is 28.2 Å². The van der Waals surface area contributed by atoms with E-state index in [0.717, 1.165) is 41.1 Å².